The van der Waals surface area contributed by atoms with Crippen molar-refractivity contribution in [3.63, 3.8) is 0 Å². The molecule has 0 fully saturated rings. The molecule has 0 radical (unpaired) electrons. The van der Waals surface area contributed by atoms with E-state index in [0.717, 1.165) is 22.3 Å². The van der Waals surface area contributed by atoms with E-state index in [-0.39, 0.29) is 5.56 Å². The minimum absolute atomic E-state index is 0.139. The van der Waals surface area contributed by atoms with E-state index in [2.05, 4.69) is 5.32 Å². The number of benzene rings is 2. The van der Waals surface area contributed by atoms with Crippen LogP contribution < -0.4 is 5.32 Å². The van der Waals surface area contributed by atoms with Gasteiger partial charge in [0.2, 0.25) is 5.91 Å². The highest BCUT2D eigenvalue weighted by Crippen LogP contribution is 2.27. The number of nitriles is 1. The minimum Gasteiger partial charge on any atom is -0.460 e. The zero-order chi connectivity index (χ0) is 18.5. The van der Waals surface area contributed by atoms with Crippen molar-refractivity contribution in [2.75, 3.05) is 0 Å². The number of fused-ring (bicyclic) bond motifs is 1. The third-order valence-electron chi connectivity index (χ3n) is 4.07. The van der Waals surface area contributed by atoms with E-state index in [0.29, 0.717) is 6.42 Å². The Morgan fingerprint density at radius 1 is 1.27 bits per heavy atom. The molecule has 0 bridgehead atoms. The molecule has 0 aliphatic rings. The lowest BCUT2D eigenvalue weighted by Crippen LogP contribution is -2.26. The summed E-state index contributed by atoms with van der Waals surface area (Å²) in [7, 11) is 0. The summed E-state index contributed by atoms with van der Waals surface area (Å²) < 4.78 is 19.6. The lowest BCUT2D eigenvalue weighted by Gasteiger charge is -2.11. The Balaban J connectivity index is 1.82. The van der Waals surface area contributed by atoms with Crippen LogP contribution in [0.4, 0.5) is 4.39 Å². The molecule has 1 aromatic heterocycles. The van der Waals surface area contributed by atoms with Gasteiger partial charge in [0.05, 0.1) is 6.07 Å². The third-order valence-corrected chi connectivity index (χ3v) is 4.07. The Morgan fingerprint density at radius 2 is 2.00 bits per heavy atom. The predicted molar refractivity (Wildman–Crippen MR) is 97.5 cm³/mol. The fourth-order valence-corrected chi connectivity index (χ4v) is 2.80. The molecular weight excluding hydrogens is 331 g/mol. The van der Waals surface area contributed by atoms with Gasteiger partial charge in [-0.2, -0.15) is 5.26 Å². The number of nitrogens with zero attached hydrogens (tertiary/aromatic N) is 1. The molecule has 26 heavy (non-hydrogen) atoms. The van der Waals surface area contributed by atoms with E-state index >= 15 is 0 Å². The van der Waals surface area contributed by atoms with Gasteiger partial charge in [0.15, 0.2) is 0 Å². The molecule has 0 saturated carbocycles. The standard InChI is InChI=1S/C21H17FN2O2/c1-2-19-15(14-7-4-6-10-20(14)26-19)11-12-21(25)24-18(13-23)16-8-3-5-9-17(16)22/h3-12,18H,2H2,1H3,(H,24,25)/b12-11+. The van der Waals surface area contributed by atoms with Gasteiger partial charge in [-0.1, -0.05) is 43.3 Å². The minimum atomic E-state index is -1.06. The normalized spacial score (nSPS) is 12.2. The fraction of sp³-hybridized carbons (Fsp3) is 0.143. The van der Waals surface area contributed by atoms with Crippen molar-refractivity contribution in [2.24, 2.45) is 0 Å². The SMILES string of the molecule is CCc1oc2ccccc2c1/C=C/C(=O)NC(C#N)c1ccccc1F. The second kappa shape index (κ2) is 7.66. The number of halogens is 1. The number of carbonyl (C=O) groups is 1. The molecule has 0 spiro atoms. The molecule has 5 heteroatoms. The predicted octanol–water partition coefficient (Wildman–Crippen LogP) is 4.53. The van der Waals surface area contributed by atoms with Crippen molar-refractivity contribution in [3.05, 3.63) is 77.3 Å². The molecule has 0 saturated heterocycles. The molecule has 1 heterocycles. The van der Waals surface area contributed by atoms with E-state index in [9.17, 15) is 14.4 Å². The van der Waals surface area contributed by atoms with Crippen LogP contribution in [0.1, 0.15) is 29.9 Å². The van der Waals surface area contributed by atoms with E-state index in [1.54, 1.807) is 12.1 Å². The molecule has 2 aromatic carbocycles. The second-order valence-electron chi connectivity index (χ2n) is 5.71. The summed E-state index contributed by atoms with van der Waals surface area (Å²) in [6, 6.07) is 14.3. The van der Waals surface area contributed by atoms with Crippen LogP contribution >= 0.6 is 0 Å². The Hall–Kier alpha value is -3.39. The van der Waals surface area contributed by atoms with E-state index in [4.69, 9.17) is 4.42 Å². The fourth-order valence-electron chi connectivity index (χ4n) is 2.80. The van der Waals surface area contributed by atoms with Crippen LogP contribution in [-0.4, -0.2) is 5.91 Å². The number of furan rings is 1. The van der Waals surface area contributed by atoms with Crippen molar-refractivity contribution in [3.8, 4) is 6.07 Å². The van der Waals surface area contributed by atoms with Crippen molar-refractivity contribution < 1.29 is 13.6 Å². The number of rotatable bonds is 5. The van der Waals surface area contributed by atoms with Gasteiger partial charge in [-0.15, -0.1) is 0 Å². The van der Waals surface area contributed by atoms with Gasteiger partial charge in [0.25, 0.3) is 0 Å². The summed E-state index contributed by atoms with van der Waals surface area (Å²) in [5.41, 5.74) is 1.73. The van der Waals surface area contributed by atoms with Crippen LogP contribution in [0.5, 0.6) is 0 Å². The molecule has 4 nitrogen and oxygen atoms in total. The van der Waals surface area contributed by atoms with Crippen molar-refractivity contribution in [1.29, 1.82) is 5.26 Å². The topological polar surface area (TPSA) is 66.0 Å². The number of hydrogen-bond acceptors (Lipinski definition) is 3. The molecule has 1 unspecified atom stereocenters. The first-order chi connectivity index (χ1) is 12.6. The smallest absolute Gasteiger partial charge is 0.245 e. The summed E-state index contributed by atoms with van der Waals surface area (Å²) in [4.78, 5) is 12.2. The Bertz CT molecular complexity index is 1010. The van der Waals surface area contributed by atoms with Crippen LogP contribution in [0.25, 0.3) is 17.0 Å². The summed E-state index contributed by atoms with van der Waals surface area (Å²) in [5.74, 6) is -0.231. The lowest BCUT2D eigenvalue weighted by molar-refractivity contribution is -0.116. The van der Waals surface area contributed by atoms with Crippen LogP contribution in [0.2, 0.25) is 0 Å². The first-order valence-corrected chi connectivity index (χ1v) is 8.27. The summed E-state index contributed by atoms with van der Waals surface area (Å²) in [6.07, 6.45) is 3.68. The van der Waals surface area contributed by atoms with E-state index < -0.39 is 17.8 Å². The zero-order valence-electron chi connectivity index (χ0n) is 14.2. The Labute approximate surface area is 150 Å². The molecule has 3 aromatic rings. The van der Waals surface area contributed by atoms with Crippen LogP contribution in [-0.2, 0) is 11.2 Å². The summed E-state index contributed by atoms with van der Waals surface area (Å²) in [5, 5.41) is 12.7. The molecule has 1 N–H and O–H groups in total. The molecule has 1 amide bonds. The van der Waals surface area contributed by atoms with Gasteiger partial charge in [-0.05, 0) is 18.2 Å². The highest BCUT2D eigenvalue weighted by Gasteiger charge is 2.16. The van der Waals surface area contributed by atoms with Gasteiger partial charge >= 0.3 is 0 Å². The van der Waals surface area contributed by atoms with Gasteiger partial charge in [-0.25, -0.2) is 4.39 Å². The largest absolute Gasteiger partial charge is 0.460 e. The van der Waals surface area contributed by atoms with Crippen molar-refractivity contribution in [2.45, 2.75) is 19.4 Å². The monoisotopic (exact) mass is 348 g/mol. The average Bonchev–Trinajstić information content (AvgIpc) is 3.03. The number of para-hydroxylation sites is 1. The van der Waals surface area contributed by atoms with Gasteiger partial charge in [0, 0.05) is 29.0 Å². The third kappa shape index (κ3) is 3.50. The van der Waals surface area contributed by atoms with Gasteiger partial charge < -0.3 is 9.73 Å². The van der Waals surface area contributed by atoms with Crippen LogP contribution in [0, 0.1) is 17.1 Å². The highest BCUT2D eigenvalue weighted by molar-refractivity contribution is 5.96. The first-order valence-electron chi connectivity index (χ1n) is 8.27. The number of carbonyl (C=O) groups excluding carboxylic acids is 1. The van der Waals surface area contributed by atoms with Gasteiger partial charge in [0.1, 0.15) is 23.2 Å². The second-order valence-corrected chi connectivity index (χ2v) is 5.71. The number of nitrogens with one attached hydrogen (secondary N) is 1. The molecule has 1 atom stereocenters. The zero-order valence-corrected chi connectivity index (χ0v) is 14.2. The molecular formula is C21H17FN2O2. The number of aryl methyl sites for hydroxylation is 1. The summed E-state index contributed by atoms with van der Waals surface area (Å²) in [6.45, 7) is 1.97. The quantitative estimate of drug-likeness (QED) is 0.689. The van der Waals surface area contributed by atoms with Crippen LogP contribution in [0.15, 0.2) is 59.0 Å². The number of amides is 1. The first kappa shape index (κ1) is 17.4. The lowest BCUT2D eigenvalue weighted by atomic mass is 10.1. The molecule has 3 rings (SSSR count). The van der Waals surface area contributed by atoms with Crippen molar-refractivity contribution in [1.82, 2.24) is 5.32 Å². The van der Waals surface area contributed by atoms with Gasteiger partial charge in [-0.3, -0.25) is 4.79 Å². The van der Waals surface area contributed by atoms with E-state index in [1.165, 1.54) is 24.3 Å². The van der Waals surface area contributed by atoms with Crippen LogP contribution in [0.3, 0.4) is 0 Å². The van der Waals surface area contributed by atoms with E-state index in [1.807, 2.05) is 37.3 Å². The Morgan fingerprint density at radius 3 is 2.73 bits per heavy atom. The molecule has 0 aliphatic heterocycles. The highest BCUT2D eigenvalue weighted by atomic mass is 19.1. The maximum atomic E-state index is 13.8. The average molecular weight is 348 g/mol. The summed E-state index contributed by atoms with van der Waals surface area (Å²) >= 11 is 0. The Kier molecular flexibility index (Phi) is 5.14. The van der Waals surface area contributed by atoms with Crippen molar-refractivity contribution >= 4 is 23.0 Å². The molecule has 0 aliphatic carbocycles. The molecule has 130 valence electrons. The maximum absolute atomic E-state index is 13.8. The number of hydrogen-bond donors (Lipinski definition) is 1. The maximum Gasteiger partial charge on any atom is 0.245 e.